The normalized spacial score (nSPS) is 14.5. The lowest BCUT2D eigenvalue weighted by molar-refractivity contribution is -0.139. The number of carbonyl (C=O) groups excluding carboxylic acids is 1. The first-order valence-corrected chi connectivity index (χ1v) is 17.4. The van der Waals surface area contributed by atoms with Crippen molar-refractivity contribution < 1.29 is 23.7 Å². The summed E-state index contributed by atoms with van der Waals surface area (Å²) in [4.78, 5) is 32.8. The Morgan fingerprint density at radius 2 is 1.71 bits per heavy atom. The molecule has 49 heavy (non-hydrogen) atoms. The molecule has 1 aliphatic heterocycles. The Labute approximate surface area is 293 Å². The minimum atomic E-state index is -0.805. The maximum atomic E-state index is 14.3. The van der Waals surface area contributed by atoms with E-state index in [1.165, 1.54) is 11.3 Å². The number of fused-ring (bicyclic) bond motifs is 2. The molecule has 0 bridgehead atoms. The van der Waals surface area contributed by atoms with E-state index in [4.69, 9.17) is 35.5 Å². The predicted molar refractivity (Wildman–Crippen MR) is 194 cm³/mol. The Kier molecular flexibility index (Phi) is 10.2. The number of aromatic nitrogens is 1. The van der Waals surface area contributed by atoms with Gasteiger partial charge >= 0.3 is 5.97 Å². The van der Waals surface area contributed by atoms with Crippen LogP contribution in [-0.4, -0.2) is 29.9 Å². The molecule has 0 aliphatic carbocycles. The van der Waals surface area contributed by atoms with E-state index in [1.54, 1.807) is 30.6 Å². The van der Waals surface area contributed by atoms with Gasteiger partial charge in [0.05, 0.1) is 40.1 Å². The van der Waals surface area contributed by atoms with E-state index in [1.807, 2.05) is 69.3 Å². The number of nitrogens with zero attached hydrogens (tertiary/aromatic N) is 2. The van der Waals surface area contributed by atoms with Gasteiger partial charge in [-0.2, -0.15) is 0 Å². The van der Waals surface area contributed by atoms with Gasteiger partial charge in [0.25, 0.3) is 5.56 Å². The SMILES string of the molecule is CCOC(=O)C1=C(C)N=c2s/c(=C/c3cc(Cl)c(OCc4ccc5ccccc5c4)c(OCC)c3)c(=O)n2[C@H]1c1ccccc1OC(C)C. The third kappa shape index (κ3) is 7.14. The lowest BCUT2D eigenvalue weighted by Crippen LogP contribution is -2.40. The second-order valence-corrected chi connectivity index (χ2v) is 13.2. The van der Waals surface area contributed by atoms with Crippen LogP contribution in [-0.2, 0) is 16.1 Å². The second kappa shape index (κ2) is 14.7. The van der Waals surface area contributed by atoms with Crippen molar-refractivity contribution in [2.24, 2.45) is 4.99 Å². The van der Waals surface area contributed by atoms with Crippen LogP contribution in [0.1, 0.15) is 57.4 Å². The maximum Gasteiger partial charge on any atom is 0.338 e. The summed E-state index contributed by atoms with van der Waals surface area (Å²) < 4.78 is 25.7. The van der Waals surface area contributed by atoms with Crippen LogP contribution in [0, 0.1) is 0 Å². The molecule has 4 aromatic carbocycles. The van der Waals surface area contributed by atoms with Gasteiger partial charge in [0.2, 0.25) is 0 Å². The van der Waals surface area contributed by atoms with Crippen LogP contribution in [0.15, 0.2) is 99.9 Å². The van der Waals surface area contributed by atoms with Gasteiger partial charge in [-0.05, 0) is 86.9 Å². The third-order valence-corrected chi connectivity index (χ3v) is 9.18. The molecule has 5 aromatic rings. The molecule has 6 rings (SSSR count). The van der Waals surface area contributed by atoms with Crippen LogP contribution >= 0.6 is 22.9 Å². The van der Waals surface area contributed by atoms with Crippen molar-refractivity contribution in [2.45, 2.75) is 53.4 Å². The van der Waals surface area contributed by atoms with E-state index in [2.05, 4.69) is 24.3 Å². The van der Waals surface area contributed by atoms with Crippen LogP contribution in [0.25, 0.3) is 16.8 Å². The van der Waals surface area contributed by atoms with Crippen molar-refractivity contribution >= 4 is 45.8 Å². The van der Waals surface area contributed by atoms with Gasteiger partial charge in [0.15, 0.2) is 16.3 Å². The number of para-hydroxylation sites is 1. The monoisotopic (exact) mass is 696 g/mol. The summed E-state index contributed by atoms with van der Waals surface area (Å²) in [5.74, 6) is 0.926. The average molecular weight is 697 g/mol. The van der Waals surface area contributed by atoms with Crippen LogP contribution in [0.5, 0.6) is 17.2 Å². The molecule has 10 heteroatoms. The molecule has 0 amide bonds. The molecule has 0 unspecified atom stereocenters. The molecule has 1 aromatic heterocycles. The molecule has 0 saturated carbocycles. The highest BCUT2D eigenvalue weighted by Gasteiger charge is 2.35. The van der Waals surface area contributed by atoms with Crippen LogP contribution in [0.4, 0.5) is 0 Å². The summed E-state index contributed by atoms with van der Waals surface area (Å²) in [7, 11) is 0. The Morgan fingerprint density at radius 1 is 0.959 bits per heavy atom. The van der Waals surface area contributed by atoms with Crippen LogP contribution in [0.3, 0.4) is 0 Å². The smallest absolute Gasteiger partial charge is 0.338 e. The number of halogens is 1. The van der Waals surface area contributed by atoms with E-state index in [-0.39, 0.29) is 23.8 Å². The Hall–Kier alpha value is -4.86. The molecule has 0 radical (unpaired) electrons. The summed E-state index contributed by atoms with van der Waals surface area (Å²) in [6, 6.07) is 24.5. The highest BCUT2D eigenvalue weighted by Crippen LogP contribution is 2.38. The molecular formula is C39H37ClN2O6S. The largest absolute Gasteiger partial charge is 0.491 e. The van der Waals surface area contributed by atoms with Gasteiger partial charge in [-0.1, -0.05) is 77.5 Å². The van der Waals surface area contributed by atoms with E-state index in [0.29, 0.717) is 61.6 Å². The molecule has 8 nitrogen and oxygen atoms in total. The fourth-order valence-electron chi connectivity index (χ4n) is 5.86. The van der Waals surface area contributed by atoms with Crippen molar-refractivity contribution in [3.8, 4) is 17.2 Å². The first kappa shape index (κ1) is 34.0. The first-order valence-electron chi connectivity index (χ1n) is 16.2. The van der Waals surface area contributed by atoms with Gasteiger partial charge in [-0.15, -0.1) is 0 Å². The van der Waals surface area contributed by atoms with Gasteiger partial charge < -0.3 is 18.9 Å². The summed E-state index contributed by atoms with van der Waals surface area (Å²) >= 11 is 8.04. The van der Waals surface area contributed by atoms with Crippen molar-refractivity contribution in [3.63, 3.8) is 0 Å². The van der Waals surface area contributed by atoms with E-state index < -0.39 is 12.0 Å². The summed E-state index contributed by atoms with van der Waals surface area (Å²) in [6.07, 6.45) is 1.62. The number of rotatable bonds is 11. The predicted octanol–water partition coefficient (Wildman–Crippen LogP) is 7.37. The zero-order chi connectivity index (χ0) is 34.7. The molecule has 1 aliphatic rings. The number of ether oxygens (including phenoxy) is 4. The van der Waals surface area contributed by atoms with Crippen LogP contribution < -0.4 is 29.1 Å². The fourth-order valence-corrected chi connectivity index (χ4v) is 7.18. The fraction of sp³-hybridized carbons (Fsp3) is 0.256. The summed E-state index contributed by atoms with van der Waals surface area (Å²) in [6.45, 7) is 10.1. The zero-order valence-corrected chi connectivity index (χ0v) is 29.6. The average Bonchev–Trinajstić information content (AvgIpc) is 3.37. The van der Waals surface area contributed by atoms with E-state index >= 15 is 0 Å². The van der Waals surface area contributed by atoms with E-state index in [9.17, 15) is 9.59 Å². The Balaban J connectivity index is 1.41. The molecule has 0 saturated heterocycles. The minimum absolute atomic E-state index is 0.128. The zero-order valence-electron chi connectivity index (χ0n) is 28.0. The number of thiazole rings is 1. The molecule has 0 fully saturated rings. The minimum Gasteiger partial charge on any atom is -0.491 e. The molecule has 2 heterocycles. The lowest BCUT2D eigenvalue weighted by Gasteiger charge is -2.26. The highest BCUT2D eigenvalue weighted by atomic mass is 35.5. The maximum absolute atomic E-state index is 14.3. The van der Waals surface area contributed by atoms with E-state index in [0.717, 1.165) is 16.3 Å². The van der Waals surface area contributed by atoms with Crippen LogP contribution in [0.2, 0.25) is 5.02 Å². The van der Waals surface area contributed by atoms with Gasteiger partial charge in [0, 0.05) is 5.56 Å². The second-order valence-electron chi connectivity index (χ2n) is 11.7. The molecule has 0 N–H and O–H groups in total. The third-order valence-electron chi connectivity index (χ3n) is 7.92. The van der Waals surface area contributed by atoms with Crippen molar-refractivity contribution in [1.82, 2.24) is 4.57 Å². The Morgan fingerprint density at radius 3 is 2.47 bits per heavy atom. The number of carbonyl (C=O) groups is 1. The lowest BCUT2D eigenvalue weighted by atomic mass is 9.95. The number of hydrogen-bond donors (Lipinski definition) is 0. The first-order chi connectivity index (χ1) is 23.7. The molecule has 252 valence electrons. The summed E-state index contributed by atoms with van der Waals surface area (Å²) in [5.41, 5.74) is 2.76. The number of hydrogen-bond acceptors (Lipinski definition) is 8. The standard InChI is InChI=1S/C39H37ClN2O6S/c1-6-45-32-20-26(19-30(40)36(32)47-22-25-16-17-27-12-8-9-13-28(27)18-25)21-33-37(43)42-35(29-14-10-11-15-31(29)48-23(3)4)34(38(44)46-7-2)24(5)41-39(42)49-33/h8-21,23,35H,6-7,22H2,1-5H3/b33-21+/t35-/m0/s1. The van der Waals surface area contributed by atoms with Crippen molar-refractivity contribution in [2.75, 3.05) is 13.2 Å². The van der Waals surface area contributed by atoms with Gasteiger partial charge in [-0.25, -0.2) is 9.79 Å². The topological polar surface area (TPSA) is 88.4 Å². The number of esters is 1. The molecule has 0 spiro atoms. The summed E-state index contributed by atoms with van der Waals surface area (Å²) in [5, 5.41) is 2.63. The van der Waals surface area contributed by atoms with Crippen molar-refractivity contribution in [3.05, 3.63) is 132 Å². The molecule has 1 atom stereocenters. The Bertz CT molecular complexity index is 2250. The van der Waals surface area contributed by atoms with Crippen molar-refractivity contribution in [1.29, 1.82) is 0 Å². The number of benzene rings is 4. The highest BCUT2D eigenvalue weighted by molar-refractivity contribution is 7.07. The quantitative estimate of drug-likeness (QED) is 0.134. The van der Waals surface area contributed by atoms with Gasteiger partial charge in [-0.3, -0.25) is 9.36 Å². The van der Waals surface area contributed by atoms with Gasteiger partial charge in [0.1, 0.15) is 18.4 Å². The molecular weight excluding hydrogens is 660 g/mol. The number of allylic oxidation sites excluding steroid dienone is 1.